The van der Waals surface area contributed by atoms with Gasteiger partial charge < -0.3 is 10.4 Å². The maximum absolute atomic E-state index is 11.7. The van der Waals surface area contributed by atoms with Crippen molar-refractivity contribution < 1.29 is 14.7 Å². The van der Waals surface area contributed by atoms with E-state index in [1.54, 1.807) is 18.5 Å². The van der Waals surface area contributed by atoms with E-state index < -0.39 is 11.9 Å². The number of carboxylic acids is 1. The van der Waals surface area contributed by atoms with Crippen LogP contribution in [0, 0.1) is 11.8 Å². The van der Waals surface area contributed by atoms with Crippen molar-refractivity contribution in [2.75, 3.05) is 0 Å². The number of hydrogen-bond donors (Lipinski definition) is 2. The zero-order chi connectivity index (χ0) is 12.4. The number of nitrogens with zero attached hydrogens (tertiary/aromatic N) is 1. The molecule has 0 spiro atoms. The van der Waals surface area contributed by atoms with Crippen LogP contribution in [0.2, 0.25) is 0 Å². The molecule has 0 aliphatic heterocycles. The number of carboxylic acid groups (broad SMARTS) is 1. The lowest BCUT2D eigenvalue weighted by molar-refractivity contribution is -0.140. The summed E-state index contributed by atoms with van der Waals surface area (Å²) in [6.07, 6.45) is 3.80. The standard InChI is InChI=1S/C12H14N2O3/c1-7(8-3-2-4-13-6-8)14-11(15)9-5-10(9)12(16)17/h2-4,6-7,9-10H,5H2,1H3,(H,14,15)(H,16,17)/t7-,9?,10?/m0/s1. The largest absolute Gasteiger partial charge is 0.481 e. The van der Waals surface area contributed by atoms with Crippen LogP contribution in [0.4, 0.5) is 0 Å². The third-order valence-corrected chi connectivity index (χ3v) is 2.99. The third kappa shape index (κ3) is 2.61. The highest BCUT2D eigenvalue weighted by Gasteiger charge is 2.48. The van der Waals surface area contributed by atoms with Crippen molar-refractivity contribution in [3.63, 3.8) is 0 Å². The number of hydrogen-bond acceptors (Lipinski definition) is 3. The van der Waals surface area contributed by atoms with E-state index in [4.69, 9.17) is 5.11 Å². The summed E-state index contributed by atoms with van der Waals surface area (Å²) in [5, 5.41) is 11.5. The van der Waals surface area contributed by atoms with Crippen LogP contribution < -0.4 is 5.32 Å². The first-order valence-corrected chi connectivity index (χ1v) is 5.52. The van der Waals surface area contributed by atoms with E-state index in [1.165, 1.54) is 0 Å². The highest BCUT2D eigenvalue weighted by atomic mass is 16.4. The van der Waals surface area contributed by atoms with Gasteiger partial charge in [-0.05, 0) is 25.0 Å². The van der Waals surface area contributed by atoms with Crippen molar-refractivity contribution in [2.24, 2.45) is 11.8 Å². The van der Waals surface area contributed by atoms with Gasteiger partial charge >= 0.3 is 5.97 Å². The number of carbonyl (C=O) groups is 2. The van der Waals surface area contributed by atoms with Gasteiger partial charge in [-0.15, -0.1) is 0 Å². The molecule has 1 saturated carbocycles. The molecule has 17 heavy (non-hydrogen) atoms. The zero-order valence-corrected chi connectivity index (χ0v) is 9.46. The normalized spacial score (nSPS) is 23.8. The Balaban J connectivity index is 1.90. The first-order valence-electron chi connectivity index (χ1n) is 5.52. The van der Waals surface area contributed by atoms with E-state index in [-0.39, 0.29) is 17.9 Å². The third-order valence-electron chi connectivity index (χ3n) is 2.99. The van der Waals surface area contributed by atoms with Gasteiger partial charge in [-0.25, -0.2) is 0 Å². The molecule has 3 atom stereocenters. The maximum atomic E-state index is 11.7. The summed E-state index contributed by atoms with van der Waals surface area (Å²) in [6, 6.07) is 3.53. The summed E-state index contributed by atoms with van der Waals surface area (Å²) in [4.78, 5) is 26.3. The minimum atomic E-state index is -0.890. The lowest BCUT2D eigenvalue weighted by Gasteiger charge is -2.13. The average molecular weight is 234 g/mol. The summed E-state index contributed by atoms with van der Waals surface area (Å²) in [7, 11) is 0. The van der Waals surface area contributed by atoms with Crippen molar-refractivity contribution in [2.45, 2.75) is 19.4 Å². The number of amides is 1. The van der Waals surface area contributed by atoms with Crippen molar-refractivity contribution in [1.82, 2.24) is 10.3 Å². The highest BCUT2D eigenvalue weighted by molar-refractivity contribution is 5.89. The van der Waals surface area contributed by atoms with Gasteiger partial charge in [-0.1, -0.05) is 6.07 Å². The Labute approximate surface area is 98.9 Å². The van der Waals surface area contributed by atoms with E-state index in [2.05, 4.69) is 10.3 Å². The predicted octanol–water partition coefficient (Wildman–Crippen LogP) is 0.980. The topological polar surface area (TPSA) is 79.3 Å². The lowest BCUT2D eigenvalue weighted by atomic mass is 10.1. The SMILES string of the molecule is C[C@H](NC(=O)C1CC1C(=O)O)c1cccnc1. The number of aromatic nitrogens is 1. The summed E-state index contributed by atoms with van der Waals surface area (Å²) in [5.41, 5.74) is 0.911. The average Bonchev–Trinajstić information content (AvgIpc) is 3.10. The fourth-order valence-corrected chi connectivity index (χ4v) is 1.79. The van der Waals surface area contributed by atoms with Gasteiger partial charge in [0.15, 0.2) is 0 Å². The summed E-state index contributed by atoms with van der Waals surface area (Å²) >= 11 is 0. The second-order valence-corrected chi connectivity index (χ2v) is 4.30. The Kier molecular flexibility index (Phi) is 3.08. The van der Waals surface area contributed by atoms with Gasteiger partial charge in [-0.3, -0.25) is 14.6 Å². The number of nitrogens with one attached hydrogen (secondary N) is 1. The molecular formula is C12H14N2O3. The Morgan fingerprint density at radius 1 is 1.53 bits per heavy atom. The van der Waals surface area contributed by atoms with E-state index in [1.807, 2.05) is 13.0 Å². The van der Waals surface area contributed by atoms with Gasteiger partial charge in [0.25, 0.3) is 0 Å². The molecule has 2 N–H and O–H groups in total. The molecule has 1 heterocycles. The van der Waals surface area contributed by atoms with Crippen molar-refractivity contribution in [1.29, 1.82) is 0 Å². The Bertz CT molecular complexity index is 433. The molecule has 1 aromatic heterocycles. The number of rotatable bonds is 4. The molecule has 1 aliphatic carbocycles. The zero-order valence-electron chi connectivity index (χ0n) is 9.46. The molecule has 5 nitrogen and oxygen atoms in total. The molecule has 0 bridgehead atoms. The Hall–Kier alpha value is -1.91. The van der Waals surface area contributed by atoms with Crippen LogP contribution in [-0.2, 0) is 9.59 Å². The second-order valence-electron chi connectivity index (χ2n) is 4.30. The molecular weight excluding hydrogens is 220 g/mol. The quantitative estimate of drug-likeness (QED) is 0.813. The Morgan fingerprint density at radius 3 is 2.82 bits per heavy atom. The van der Waals surface area contributed by atoms with Crippen LogP contribution in [0.1, 0.15) is 24.9 Å². The van der Waals surface area contributed by atoms with Crippen LogP contribution in [0.5, 0.6) is 0 Å². The van der Waals surface area contributed by atoms with E-state index in [0.717, 1.165) is 5.56 Å². The molecule has 5 heteroatoms. The van der Waals surface area contributed by atoms with E-state index >= 15 is 0 Å². The van der Waals surface area contributed by atoms with Crippen LogP contribution in [0.15, 0.2) is 24.5 Å². The molecule has 0 radical (unpaired) electrons. The van der Waals surface area contributed by atoms with Gasteiger partial charge in [0.2, 0.25) is 5.91 Å². The van der Waals surface area contributed by atoms with Crippen molar-refractivity contribution in [3.05, 3.63) is 30.1 Å². The first-order chi connectivity index (χ1) is 8.09. The van der Waals surface area contributed by atoms with E-state index in [0.29, 0.717) is 6.42 Å². The summed E-state index contributed by atoms with van der Waals surface area (Å²) in [6.45, 7) is 1.85. The van der Waals surface area contributed by atoms with Gasteiger partial charge in [0.05, 0.1) is 17.9 Å². The molecule has 1 aromatic rings. The molecule has 2 rings (SSSR count). The minimum absolute atomic E-state index is 0.147. The fraction of sp³-hybridized carbons (Fsp3) is 0.417. The van der Waals surface area contributed by atoms with Crippen LogP contribution in [0.25, 0.3) is 0 Å². The van der Waals surface area contributed by atoms with Gasteiger partial charge in [0, 0.05) is 12.4 Å². The number of carbonyl (C=O) groups excluding carboxylic acids is 1. The Morgan fingerprint density at radius 2 is 2.29 bits per heavy atom. The first kappa shape index (κ1) is 11.6. The van der Waals surface area contributed by atoms with Crippen LogP contribution in [0.3, 0.4) is 0 Å². The molecule has 1 aliphatic rings. The summed E-state index contributed by atoms with van der Waals surface area (Å²) in [5.74, 6) is -1.95. The lowest BCUT2D eigenvalue weighted by Crippen LogP contribution is -2.29. The molecule has 0 aromatic carbocycles. The van der Waals surface area contributed by atoms with Gasteiger partial charge in [-0.2, -0.15) is 0 Å². The molecule has 1 amide bonds. The number of aliphatic carboxylic acids is 1. The maximum Gasteiger partial charge on any atom is 0.307 e. The van der Waals surface area contributed by atoms with Crippen LogP contribution >= 0.6 is 0 Å². The number of pyridine rings is 1. The fourth-order valence-electron chi connectivity index (χ4n) is 1.79. The molecule has 2 unspecified atom stereocenters. The monoisotopic (exact) mass is 234 g/mol. The van der Waals surface area contributed by atoms with Crippen molar-refractivity contribution in [3.8, 4) is 0 Å². The van der Waals surface area contributed by atoms with Gasteiger partial charge in [0.1, 0.15) is 0 Å². The molecule has 0 saturated heterocycles. The predicted molar refractivity (Wildman–Crippen MR) is 60.0 cm³/mol. The summed E-state index contributed by atoms with van der Waals surface area (Å²) < 4.78 is 0. The molecule has 1 fully saturated rings. The second kappa shape index (κ2) is 4.53. The smallest absolute Gasteiger partial charge is 0.307 e. The van der Waals surface area contributed by atoms with E-state index in [9.17, 15) is 9.59 Å². The molecule has 90 valence electrons. The van der Waals surface area contributed by atoms with Crippen LogP contribution in [-0.4, -0.2) is 22.0 Å². The van der Waals surface area contributed by atoms with Crippen molar-refractivity contribution >= 4 is 11.9 Å². The minimum Gasteiger partial charge on any atom is -0.481 e. The highest BCUT2D eigenvalue weighted by Crippen LogP contribution is 2.39.